The lowest BCUT2D eigenvalue weighted by Gasteiger charge is -2.16. The Hall–Kier alpha value is -2.74. The third kappa shape index (κ3) is 4.75. The van der Waals surface area contributed by atoms with Gasteiger partial charge < -0.3 is 4.74 Å². The van der Waals surface area contributed by atoms with Gasteiger partial charge in [0, 0.05) is 5.02 Å². The molecule has 0 unspecified atom stereocenters. The smallest absolute Gasteiger partial charge is 0.406 e. The fraction of sp³-hybridized carbons (Fsp3) is 0.263. The molecule has 5 nitrogen and oxygen atoms in total. The fourth-order valence-corrected chi connectivity index (χ4v) is 2.95. The summed E-state index contributed by atoms with van der Waals surface area (Å²) in [6, 6.07) is 8.72. The minimum Gasteiger partial charge on any atom is -0.406 e. The van der Waals surface area contributed by atoms with Crippen LogP contribution in [-0.4, -0.2) is 16.0 Å². The van der Waals surface area contributed by atoms with E-state index in [1.54, 1.807) is 12.1 Å². The number of nitrogens with one attached hydrogen (secondary N) is 1. The predicted octanol–water partition coefficient (Wildman–Crippen LogP) is 5.02. The van der Waals surface area contributed by atoms with Crippen molar-refractivity contribution in [2.75, 3.05) is 5.43 Å². The maximum absolute atomic E-state index is 12.8. The Kier molecular flexibility index (Phi) is 5.51. The van der Waals surface area contributed by atoms with Crippen LogP contribution < -0.4 is 15.7 Å². The van der Waals surface area contributed by atoms with E-state index in [4.69, 9.17) is 11.6 Å². The molecule has 3 rings (SSSR count). The molecule has 3 aromatic rings. The molecule has 9 heteroatoms. The monoisotopic (exact) mass is 411 g/mol. The Morgan fingerprint density at radius 3 is 2.64 bits per heavy atom. The zero-order chi connectivity index (χ0) is 20.5. The number of benzene rings is 2. The Labute approximate surface area is 163 Å². The molecule has 2 aromatic carbocycles. The number of halogens is 4. The standard InChI is InChI=1S/C19H17ClF3N3O2/c1-11(2)7-12-3-4-13(20)8-17(12)25-26-10-24-16-6-5-14(28-19(21,22)23)9-15(16)18(26)27/h3-6,8-11,25H,7H2,1-2H3. The summed E-state index contributed by atoms with van der Waals surface area (Å²) < 4.78 is 42.3. The highest BCUT2D eigenvalue weighted by molar-refractivity contribution is 6.30. The fourth-order valence-electron chi connectivity index (χ4n) is 2.78. The molecule has 0 atom stereocenters. The van der Waals surface area contributed by atoms with Crippen LogP contribution in [0.3, 0.4) is 0 Å². The predicted molar refractivity (Wildman–Crippen MR) is 102 cm³/mol. The average molecular weight is 412 g/mol. The van der Waals surface area contributed by atoms with Crippen LogP contribution in [0.25, 0.3) is 10.9 Å². The van der Waals surface area contributed by atoms with Crippen molar-refractivity contribution in [1.29, 1.82) is 0 Å². The van der Waals surface area contributed by atoms with Crippen molar-refractivity contribution in [2.45, 2.75) is 26.6 Å². The molecule has 148 valence electrons. The summed E-state index contributed by atoms with van der Waals surface area (Å²) in [7, 11) is 0. The molecule has 1 aromatic heterocycles. The van der Waals surface area contributed by atoms with Crippen molar-refractivity contribution in [3.05, 3.63) is 63.7 Å². The Morgan fingerprint density at radius 1 is 1.21 bits per heavy atom. The molecular formula is C19H17ClF3N3O2. The molecule has 0 aliphatic rings. The van der Waals surface area contributed by atoms with Crippen LogP contribution in [0.15, 0.2) is 47.5 Å². The van der Waals surface area contributed by atoms with Crippen molar-refractivity contribution in [3.63, 3.8) is 0 Å². The van der Waals surface area contributed by atoms with E-state index in [1.807, 2.05) is 6.07 Å². The van der Waals surface area contributed by atoms with Gasteiger partial charge >= 0.3 is 6.36 Å². The van der Waals surface area contributed by atoms with Crippen molar-refractivity contribution in [1.82, 2.24) is 9.66 Å². The zero-order valence-electron chi connectivity index (χ0n) is 15.0. The van der Waals surface area contributed by atoms with Gasteiger partial charge in [-0.1, -0.05) is 31.5 Å². The second-order valence-corrected chi connectivity index (χ2v) is 7.09. The van der Waals surface area contributed by atoms with Crippen LogP contribution in [-0.2, 0) is 6.42 Å². The van der Waals surface area contributed by atoms with Crippen LogP contribution in [0.5, 0.6) is 5.75 Å². The van der Waals surface area contributed by atoms with Gasteiger partial charge in [0.2, 0.25) is 0 Å². The largest absolute Gasteiger partial charge is 0.573 e. The molecule has 0 saturated carbocycles. The van der Waals surface area contributed by atoms with Gasteiger partial charge in [-0.05, 0) is 48.2 Å². The number of aromatic nitrogens is 2. The van der Waals surface area contributed by atoms with Crippen molar-refractivity contribution in [2.24, 2.45) is 5.92 Å². The highest BCUT2D eigenvalue weighted by Gasteiger charge is 2.31. The summed E-state index contributed by atoms with van der Waals surface area (Å²) in [6.45, 7) is 4.12. The maximum atomic E-state index is 12.8. The van der Waals surface area contributed by atoms with E-state index < -0.39 is 17.7 Å². The molecule has 0 radical (unpaired) electrons. The minimum absolute atomic E-state index is 0.0100. The van der Waals surface area contributed by atoms with Crippen LogP contribution in [0.2, 0.25) is 5.02 Å². The molecular weight excluding hydrogens is 395 g/mol. The molecule has 0 aliphatic carbocycles. The number of alkyl halides is 3. The minimum atomic E-state index is -4.85. The number of hydrogen-bond acceptors (Lipinski definition) is 4. The van der Waals surface area contributed by atoms with Crippen LogP contribution in [0.4, 0.5) is 18.9 Å². The Balaban J connectivity index is 2.01. The van der Waals surface area contributed by atoms with E-state index in [0.29, 0.717) is 16.6 Å². The van der Waals surface area contributed by atoms with Gasteiger partial charge in [-0.15, -0.1) is 13.2 Å². The first kappa shape index (κ1) is 20.0. The third-order valence-electron chi connectivity index (χ3n) is 3.90. The normalized spacial score (nSPS) is 11.8. The van der Waals surface area contributed by atoms with Crippen molar-refractivity contribution in [3.8, 4) is 5.75 Å². The molecule has 0 aliphatic heterocycles. The lowest BCUT2D eigenvalue weighted by molar-refractivity contribution is -0.274. The zero-order valence-corrected chi connectivity index (χ0v) is 15.8. The first-order valence-corrected chi connectivity index (χ1v) is 8.83. The summed E-state index contributed by atoms with van der Waals surface area (Å²) in [5, 5.41) is 0.474. The van der Waals surface area contributed by atoms with Gasteiger partial charge in [-0.25, -0.2) is 9.66 Å². The average Bonchev–Trinajstić information content (AvgIpc) is 2.58. The number of anilines is 1. The maximum Gasteiger partial charge on any atom is 0.573 e. The van der Waals surface area contributed by atoms with Crippen molar-refractivity contribution < 1.29 is 17.9 Å². The molecule has 0 bridgehead atoms. The highest BCUT2D eigenvalue weighted by Crippen LogP contribution is 2.26. The summed E-state index contributed by atoms with van der Waals surface area (Å²) in [4.78, 5) is 16.9. The van der Waals surface area contributed by atoms with Gasteiger partial charge in [0.25, 0.3) is 5.56 Å². The second-order valence-electron chi connectivity index (χ2n) is 6.66. The number of ether oxygens (including phenoxy) is 1. The lowest BCUT2D eigenvalue weighted by Crippen LogP contribution is -2.27. The van der Waals surface area contributed by atoms with E-state index in [9.17, 15) is 18.0 Å². The van der Waals surface area contributed by atoms with Crippen LogP contribution in [0.1, 0.15) is 19.4 Å². The Morgan fingerprint density at radius 2 is 1.96 bits per heavy atom. The van der Waals surface area contributed by atoms with Gasteiger partial charge in [0.05, 0.1) is 16.6 Å². The first-order chi connectivity index (χ1) is 13.1. The summed E-state index contributed by atoms with van der Waals surface area (Å²) in [5.74, 6) is -0.116. The summed E-state index contributed by atoms with van der Waals surface area (Å²) in [5.41, 5.74) is 4.20. The van der Waals surface area contributed by atoms with Crippen LogP contribution >= 0.6 is 11.6 Å². The molecule has 28 heavy (non-hydrogen) atoms. The van der Waals surface area contributed by atoms with Gasteiger partial charge in [0.15, 0.2) is 0 Å². The molecule has 1 N–H and O–H groups in total. The molecule has 0 saturated heterocycles. The van der Waals surface area contributed by atoms with Gasteiger partial charge in [-0.2, -0.15) is 0 Å². The van der Waals surface area contributed by atoms with E-state index in [2.05, 4.69) is 29.0 Å². The Bertz CT molecular complexity index is 1060. The first-order valence-electron chi connectivity index (χ1n) is 8.45. The van der Waals surface area contributed by atoms with E-state index >= 15 is 0 Å². The van der Waals surface area contributed by atoms with E-state index in [-0.39, 0.29) is 10.9 Å². The molecule has 0 spiro atoms. The number of fused-ring (bicyclic) bond motifs is 1. The molecule has 0 amide bonds. The molecule has 1 heterocycles. The second kappa shape index (κ2) is 7.71. The topological polar surface area (TPSA) is 56.1 Å². The number of rotatable bonds is 5. The summed E-state index contributed by atoms with van der Waals surface area (Å²) in [6.07, 6.45) is -2.83. The van der Waals surface area contributed by atoms with E-state index in [1.165, 1.54) is 12.4 Å². The third-order valence-corrected chi connectivity index (χ3v) is 4.14. The highest BCUT2D eigenvalue weighted by atomic mass is 35.5. The lowest BCUT2D eigenvalue weighted by atomic mass is 10.0. The summed E-state index contributed by atoms with van der Waals surface area (Å²) >= 11 is 6.07. The number of hydrogen-bond donors (Lipinski definition) is 1. The SMILES string of the molecule is CC(C)Cc1ccc(Cl)cc1Nn1cnc2ccc(OC(F)(F)F)cc2c1=O. The van der Waals surface area contributed by atoms with Gasteiger partial charge in [0.1, 0.15) is 12.1 Å². The number of nitrogens with zero attached hydrogens (tertiary/aromatic N) is 2. The molecule has 0 fully saturated rings. The van der Waals surface area contributed by atoms with Crippen LogP contribution in [0, 0.1) is 5.92 Å². The van der Waals surface area contributed by atoms with Crippen molar-refractivity contribution >= 4 is 28.2 Å². The van der Waals surface area contributed by atoms with Gasteiger partial charge in [-0.3, -0.25) is 10.2 Å². The quantitative estimate of drug-likeness (QED) is 0.640. The van der Waals surface area contributed by atoms with E-state index in [0.717, 1.165) is 28.8 Å².